The quantitative estimate of drug-likeness (QED) is 0.571. The Morgan fingerprint density at radius 2 is 1.71 bits per heavy atom. The highest BCUT2D eigenvalue weighted by atomic mass is 15.3. The third-order valence-electron chi connectivity index (χ3n) is 3.98. The maximum atomic E-state index is 4.81. The summed E-state index contributed by atoms with van der Waals surface area (Å²) in [6, 6.07) is 0.935. The summed E-state index contributed by atoms with van der Waals surface area (Å²) in [5.74, 6) is 1.56. The number of guanidine groups is 1. The van der Waals surface area contributed by atoms with E-state index in [1.54, 1.807) is 0 Å². The van der Waals surface area contributed by atoms with Crippen molar-refractivity contribution in [2.45, 2.75) is 46.7 Å². The van der Waals surface area contributed by atoms with Crippen LogP contribution in [0.4, 0.5) is 0 Å². The van der Waals surface area contributed by atoms with Gasteiger partial charge in [-0.1, -0.05) is 13.8 Å². The summed E-state index contributed by atoms with van der Waals surface area (Å²) < 4.78 is 0. The summed E-state index contributed by atoms with van der Waals surface area (Å²) in [6.45, 7) is 17.4. The fraction of sp³-hybridized carbons (Fsp3) is 0.938. The highest BCUT2D eigenvalue weighted by molar-refractivity contribution is 5.80. The fourth-order valence-corrected chi connectivity index (χ4v) is 2.68. The zero-order valence-electron chi connectivity index (χ0n) is 14.8. The number of rotatable bonds is 6. The largest absolute Gasteiger partial charge is 0.357 e. The van der Waals surface area contributed by atoms with Crippen molar-refractivity contribution in [2.24, 2.45) is 10.9 Å². The molecule has 0 aromatic rings. The number of nitrogens with zero attached hydrogens (tertiary/aromatic N) is 3. The van der Waals surface area contributed by atoms with E-state index in [-0.39, 0.29) is 0 Å². The molecule has 0 aromatic carbocycles. The summed E-state index contributed by atoms with van der Waals surface area (Å²) in [4.78, 5) is 9.82. The normalized spacial score (nSPS) is 20.1. The highest BCUT2D eigenvalue weighted by Gasteiger charge is 2.24. The summed E-state index contributed by atoms with van der Waals surface area (Å²) >= 11 is 0. The van der Waals surface area contributed by atoms with E-state index >= 15 is 0 Å². The van der Waals surface area contributed by atoms with Crippen LogP contribution in [0.25, 0.3) is 0 Å². The van der Waals surface area contributed by atoms with Gasteiger partial charge in [0.05, 0.1) is 6.54 Å². The Morgan fingerprint density at radius 3 is 2.19 bits per heavy atom. The van der Waals surface area contributed by atoms with Crippen LogP contribution in [0, 0.1) is 5.92 Å². The molecule has 1 unspecified atom stereocenters. The Bertz CT molecular complexity index is 306. The Morgan fingerprint density at radius 1 is 1.10 bits per heavy atom. The first-order valence-electron chi connectivity index (χ1n) is 8.41. The van der Waals surface area contributed by atoms with Crippen LogP contribution in [0.2, 0.25) is 0 Å². The molecule has 5 nitrogen and oxygen atoms in total. The summed E-state index contributed by atoms with van der Waals surface area (Å²) in [5.41, 5.74) is 0. The molecular weight excluding hydrogens is 262 g/mol. The van der Waals surface area contributed by atoms with Crippen molar-refractivity contribution in [1.29, 1.82) is 0 Å². The average molecular weight is 297 g/mol. The molecule has 1 saturated heterocycles. The Balaban J connectivity index is 2.63. The number of hydrogen-bond donors (Lipinski definition) is 2. The van der Waals surface area contributed by atoms with Crippen molar-refractivity contribution in [3.8, 4) is 0 Å². The van der Waals surface area contributed by atoms with E-state index in [2.05, 4.69) is 62.1 Å². The summed E-state index contributed by atoms with van der Waals surface area (Å²) in [7, 11) is 2.20. The third kappa shape index (κ3) is 6.66. The van der Waals surface area contributed by atoms with E-state index < -0.39 is 0 Å². The van der Waals surface area contributed by atoms with Crippen molar-refractivity contribution >= 4 is 5.96 Å². The van der Waals surface area contributed by atoms with Crippen molar-refractivity contribution in [3.63, 3.8) is 0 Å². The molecule has 1 aliphatic heterocycles. The lowest BCUT2D eigenvalue weighted by atomic mass is 10.0. The van der Waals surface area contributed by atoms with E-state index in [1.807, 2.05) is 0 Å². The first-order valence-corrected chi connectivity index (χ1v) is 8.41. The lowest BCUT2D eigenvalue weighted by molar-refractivity contribution is 0.0925. The van der Waals surface area contributed by atoms with E-state index in [0.29, 0.717) is 18.0 Å². The van der Waals surface area contributed by atoms with Crippen molar-refractivity contribution in [2.75, 3.05) is 46.3 Å². The first-order chi connectivity index (χ1) is 9.93. The number of hydrogen-bond acceptors (Lipinski definition) is 3. The van der Waals surface area contributed by atoms with Gasteiger partial charge < -0.3 is 15.5 Å². The zero-order chi connectivity index (χ0) is 15.8. The van der Waals surface area contributed by atoms with E-state index in [4.69, 9.17) is 4.99 Å². The summed E-state index contributed by atoms with van der Waals surface area (Å²) in [6.07, 6.45) is 0. The predicted octanol–water partition coefficient (Wildman–Crippen LogP) is 1.22. The van der Waals surface area contributed by atoms with Gasteiger partial charge in [-0.05, 0) is 33.7 Å². The van der Waals surface area contributed by atoms with E-state index in [9.17, 15) is 0 Å². The van der Waals surface area contributed by atoms with Gasteiger partial charge in [-0.2, -0.15) is 0 Å². The smallest absolute Gasteiger partial charge is 0.191 e. The molecular formula is C16H35N5. The maximum Gasteiger partial charge on any atom is 0.191 e. The van der Waals surface area contributed by atoms with Crippen LogP contribution in [0.3, 0.4) is 0 Å². The van der Waals surface area contributed by atoms with E-state index in [1.165, 1.54) is 0 Å². The molecule has 1 heterocycles. The van der Waals surface area contributed by atoms with Gasteiger partial charge in [0.1, 0.15) is 0 Å². The minimum Gasteiger partial charge on any atom is -0.357 e. The summed E-state index contributed by atoms with van der Waals surface area (Å²) in [5, 5.41) is 6.73. The molecule has 1 atom stereocenters. The molecule has 0 amide bonds. The molecule has 1 aliphatic rings. The van der Waals surface area contributed by atoms with Gasteiger partial charge in [0.2, 0.25) is 0 Å². The van der Waals surface area contributed by atoms with Crippen LogP contribution >= 0.6 is 0 Å². The van der Waals surface area contributed by atoms with Crippen molar-refractivity contribution < 1.29 is 0 Å². The lowest BCUT2D eigenvalue weighted by Gasteiger charge is -2.39. The molecule has 1 rings (SSSR count). The Kier molecular flexibility index (Phi) is 8.04. The average Bonchev–Trinajstić information content (AvgIpc) is 2.40. The van der Waals surface area contributed by atoms with Crippen LogP contribution < -0.4 is 10.6 Å². The maximum absolute atomic E-state index is 4.81. The molecule has 5 heteroatoms. The molecule has 0 radical (unpaired) electrons. The fourth-order valence-electron chi connectivity index (χ4n) is 2.68. The van der Waals surface area contributed by atoms with E-state index in [0.717, 1.165) is 45.2 Å². The molecule has 0 saturated carbocycles. The van der Waals surface area contributed by atoms with Crippen LogP contribution in [-0.4, -0.2) is 74.2 Å². The molecule has 124 valence electrons. The molecule has 0 aliphatic carbocycles. The molecule has 0 bridgehead atoms. The zero-order valence-corrected chi connectivity index (χ0v) is 14.8. The molecule has 2 N–H and O–H groups in total. The van der Waals surface area contributed by atoms with Gasteiger partial charge in [-0.25, -0.2) is 0 Å². The second kappa shape index (κ2) is 9.26. The van der Waals surface area contributed by atoms with Gasteiger partial charge in [0.25, 0.3) is 0 Å². The monoisotopic (exact) mass is 297 g/mol. The molecule has 21 heavy (non-hydrogen) atoms. The third-order valence-corrected chi connectivity index (χ3v) is 3.98. The van der Waals surface area contributed by atoms with Crippen LogP contribution in [0.15, 0.2) is 4.99 Å². The lowest BCUT2D eigenvalue weighted by Crippen LogP contribution is -2.52. The van der Waals surface area contributed by atoms with Crippen molar-refractivity contribution in [1.82, 2.24) is 20.4 Å². The highest BCUT2D eigenvalue weighted by Crippen LogP contribution is 2.13. The predicted molar refractivity (Wildman–Crippen MR) is 91.9 cm³/mol. The molecule has 1 fully saturated rings. The van der Waals surface area contributed by atoms with Gasteiger partial charge in [0, 0.05) is 44.8 Å². The SMILES string of the molecule is CCNC(=NCC(C(C)C)N1CCN(C)CC1)NC(C)C. The number of aliphatic imine (C=N–C) groups is 1. The second-order valence-electron chi connectivity index (χ2n) is 6.67. The number of nitrogens with one attached hydrogen (secondary N) is 2. The Hall–Kier alpha value is -0.810. The number of likely N-dealkylation sites (N-methyl/N-ethyl adjacent to an activating group) is 1. The van der Waals surface area contributed by atoms with Crippen LogP contribution in [-0.2, 0) is 0 Å². The van der Waals surface area contributed by atoms with Gasteiger partial charge >= 0.3 is 0 Å². The molecule has 0 spiro atoms. The van der Waals surface area contributed by atoms with Crippen LogP contribution in [0.5, 0.6) is 0 Å². The first kappa shape index (κ1) is 18.2. The minimum atomic E-state index is 0.406. The van der Waals surface area contributed by atoms with Crippen LogP contribution in [0.1, 0.15) is 34.6 Å². The topological polar surface area (TPSA) is 42.9 Å². The van der Waals surface area contributed by atoms with Gasteiger partial charge in [-0.3, -0.25) is 9.89 Å². The minimum absolute atomic E-state index is 0.406. The number of piperazine rings is 1. The van der Waals surface area contributed by atoms with Crippen molar-refractivity contribution in [3.05, 3.63) is 0 Å². The second-order valence-corrected chi connectivity index (χ2v) is 6.67. The standard InChI is InChI=1S/C16H35N5/c1-7-17-16(19-14(4)5)18-12-15(13(2)3)21-10-8-20(6)9-11-21/h13-15H,7-12H2,1-6H3,(H2,17,18,19). The van der Waals surface area contributed by atoms with Gasteiger partial charge in [0.15, 0.2) is 5.96 Å². The Labute approximate surface area is 131 Å². The molecule has 0 aromatic heterocycles. The van der Waals surface area contributed by atoms with Gasteiger partial charge in [-0.15, -0.1) is 0 Å².